The Morgan fingerprint density at radius 3 is 2.54 bits per heavy atom. The van der Waals surface area contributed by atoms with Crippen LogP contribution >= 0.6 is 0 Å². The van der Waals surface area contributed by atoms with Crippen LogP contribution in [0.1, 0.15) is 30.0 Å². The van der Waals surface area contributed by atoms with E-state index in [0.717, 1.165) is 56.5 Å². The first-order valence-electron chi connectivity index (χ1n) is 12.2. The molecular formula is C26H31N5O4. The number of piperazine rings is 1. The standard InChI is InChI=1S/C26H31N5O4/c1-2-26(21-6-4-3-5-7-21)24(33)31(25(34)27-26)28-23(32)18-30-13-11-29(12-14-30)17-19-8-9-22-20(16-19)10-15-35-22/h3-9,16H,2,10-15,17-18H2,1H3,(H,27,34)(H,28,32)/t26-/m0/s1. The number of urea groups is 1. The third-order valence-corrected chi connectivity index (χ3v) is 7.12. The van der Waals surface area contributed by atoms with Crippen LogP contribution in [0.15, 0.2) is 48.5 Å². The molecular weight excluding hydrogens is 446 g/mol. The van der Waals surface area contributed by atoms with Gasteiger partial charge in [0.05, 0.1) is 13.2 Å². The fourth-order valence-electron chi connectivity index (χ4n) is 5.10. The van der Waals surface area contributed by atoms with Crippen LogP contribution in [0.25, 0.3) is 0 Å². The van der Waals surface area contributed by atoms with Gasteiger partial charge in [0.1, 0.15) is 11.3 Å². The van der Waals surface area contributed by atoms with Crippen LogP contribution in [0.2, 0.25) is 0 Å². The number of hydrogen-bond acceptors (Lipinski definition) is 6. The topological polar surface area (TPSA) is 94.2 Å². The highest BCUT2D eigenvalue weighted by Crippen LogP contribution is 2.31. The van der Waals surface area contributed by atoms with Gasteiger partial charge in [-0.3, -0.25) is 24.8 Å². The van der Waals surface area contributed by atoms with E-state index in [1.165, 1.54) is 11.1 Å². The lowest BCUT2D eigenvalue weighted by molar-refractivity contribution is -0.140. The molecule has 2 saturated heterocycles. The molecule has 2 fully saturated rings. The van der Waals surface area contributed by atoms with Crippen LogP contribution in [0.4, 0.5) is 4.79 Å². The van der Waals surface area contributed by atoms with Gasteiger partial charge in [-0.25, -0.2) is 4.79 Å². The van der Waals surface area contributed by atoms with Crippen molar-refractivity contribution in [3.8, 4) is 5.75 Å². The lowest BCUT2D eigenvalue weighted by atomic mass is 9.87. The number of carbonyl (C=O) groups is 3. The highest BCUT2D eigenvalue weighted by Gasteiger charge is 2.52. The third-order valence-electron chi connectivity index (χ3n) is 7.12. The van der Waals surface area contributed by atoms with E-state index in [-0.39, 0.29) is 12.5 Å². The molecule has 1 atom stereocenters. The molecule has 0 aromatic heterocycles. The number of nitrogens with one attached hydrogen (secondary N) is 2. The molecule has 3 heterocycles. The molecule has 9 heteroatoms. The fraction of sp³-hybridized carbons (Fsp3) is 0.423. The second-order valence-corrected chi connectivity index (χ2v) is 9.32. The van der Waals surface area contributed by atoms with Gasteiger partial charge in [0.2, 0.25) is 0 Å². The number of ether oxygens (including phenoxy) is 1. The van der Waals surface area contributed by atoms with E-state index in [1.54, 1.807) is 0 Å². The van der Waals surface area contributed by atoms with Crippen molar-refractivity contribution in [2.24, 2.45) is 0 Å². The average Bonchev–Trinajstić information content (AvgIpc) is 3.44. The lowest BCUT2D eigenvalue weighted by Crippen LogP contribution is -2.53. The molecule has 3 aliphatic rings. The zero-order valence-corrected chi connectivity index (χ0v) is 20.0. The van der Waals surface area contributed by atoms with Crippen molar-refractivity contribution < 1.29 is 19.1 Å². The first-order chi connectivity index (χ1) is 17.0. The Labute approximate surface area is 205 Å². The summed E-state index contributed by atoms with van der Waals surface area (Å²) in [5, 5.41) is 3.61. The van der Waals surface area contributed by atoms with E-state index in [9.17, 15) is 14.4 Å². The largest absolute Gasteiger partial charge is 0.493 e. The summed E-state index contributed by atoms with van der Waals surface area (Å²) < 4.78 is 5.59. The molecule has 9 nitrogen and oxygen atoms in total. The van der Waals surface area contributed by atoms with Gasteiger partial charge < -0.3 is 10.1 Å². The first-order valence-corrected chi connectivity index (χ1v) is 12.2. The van der Waals surface area contributed by atoms with E-state index in [1.807, 2.05) is 42.2 Å². The van der Waals surface area contributed by atoms with E-state index in [2.05, 4.69) is 33.8 Å². The number of amides is 4. The van der Waals surface area contributed by atoms with Crippen LogP contribution < -0.4 is 15.5 Å². The predicted molar refractivity (Wildman–Crippen MR) is 129 cm³/mol. The minimum atomic E-state index is -1.17. The average molecular weight is 478 g/mol. The molecule has 2 N–H and O–H groups in total. The van der Waals surface area contributed by atoms with E-state index < -0.39 is 17.5 Å². The van der Waals surface area contributed by atoms with E-state index in [4.69, 9.17) is 4.74 Å². The molecule has 2 aromatic carbocycles. The Hall–Kier alpha value is -3.43. The van der Waals surface area contributed by atoms with Crippen molar-refractivity contribution >= 4 is 17.8 Å². The maximum Gasteiger partial charge on any atom is 0.344 e. The quantitative estimate of drug-likeness (QED) is 0.589. The summed E-state index contributed by atoms with van der Waals surface area (Å²) in [4.78, 5) is 42.9. The molecule has 5 rings (SSSR count). The Kier molecular flexibility index (Phi) is 6.44. The second kappa shape index (κ2) is 9.67. The van der Waals surface area contributed by atoms with E-state index in [0.29, 0.717) is 12.0 Å². The van der Waals surface area contributed by atoms with Gasteiger partial charge in [0, 0.05) is 39.1 Å². The summed E-state index contributed by atoms with van der Waals surface area (Å²) in [5.74, 6) is 0.157. The summed E-state index contributed by atoms with van der Waals surface area (Å²) >= 11 is 0. The zero-order valence-electron chi connectivity index (χ0n) is 20.0. The van der Waals surface area contributed by atoms with Crippen molar-refractivity contribution in [1.82, 2.24) is 25.6 Å². The minimum absolute atomic E-state index is 0.131. The van der Waals surface area contributed by atoms with Crippen LogP contribution in [-0.4, -0.2) is 72.0 Å². The summed E-state index contributed by atoms with van der Waals surface area (Å²) in [6, 6.07) is 14.9. The second-order valence-electron chi connectivity index (χ2n) is 9.32. The Morgan fingerprint density at radius 1 is 1.06 bits per heavy atom. The van der Waals surface area contributed by atoms with Gasteiger partial charge >= 0.3 is 6.03 Å². The highest BCUT2D eigenvalue weighted by molar-refractivity contribution is 6.08. The number of rotatable bonds is 7. The first kappa shape index (κ1) is 23.3. The fourth-order valence-corrected chi connectivity index (χ4v) is 5.10. The van der Waals surface area contributed by atoms with Crippen LogP contribution in [0.5, 0.6) is 5.75 Å². The number of carbonyl (C=O) groups excluding carboxylic acids is 3. The highest BCUT2D eigenvalue weighted by atomic mass is 16.5. The summed E-state index contributed by atoms with van der Waals surface area (Å²) in [6.45, 7) is 6.77. The summed E-state index contributed by atoms with van der Waals surface area (Å²) in [6.07, 6.45) is 1.35. The van der Waals surface area contributed by atoms with E-state index >= 15 is 0 Å². The maximum absolute atomic E-state index is 13.2. The zero-order chi connectivity index (χ0) is 24.4. The number of nitrogens with zero attached hydrogens (tertiary/aromatic N) is 3. The monoisotopic (exact) mass is 477 g/mol. The lowest BCUT2D eigenvalue weighted by Gasteiger charge is -2.34. The molecule has 2 aromatic rings. The molecule has 184 valence electrons. The van der Waals surface area contributed by atoms with Crippen molar-refractivity contribution in [3.05, 3.63) is 65.2 Å². The third kappa shape index (κ3) is 4.61. The van der Waals surface area contributed by atoms with Gasteiger partial charge in [0.25, 0.3) is 11.8 Å². The summed E-state index contributed by atoms with van der Waals surface area (Å²) in [7, 11) is 0. The Bertz CT molecular complexity index is 1120. The number of imide groups is 1. The minimum Gasteiger partial charge on any atom is -0.493 e. The SMILES string of the molecule is CC[C@@]1(c2ccccc2)NC(=O)N(NC(=O)CN2CCN(Cc3ccc4c(c3)CCO4)CC2)C1=O. The molecule has 0 unspecified atom stereocenters. The number of hydrogen-bond donors (Lipinski definition) is 2. The molecule has 3 aliphatic heterocycles. The molecule has 0 bridgehead atoms. The molecule has 0 aliphatic carbocycles. The molecule has 0 radical (unpaired) electrons. The Morgan fingerprint density at radius 2 is 1.80 bits per heavy atom. The van der Waals surface area contributed by atoms with Gasteiger partial charge in [-0.05, 0) is 29.2 Å². The van der Waals surface area contributed by atoms with Gasteiger partial charge in [0.15, 0.2) is 0 Å². The molecule has 4 amide bonds. The van der Waals surface area contributed by atoms with Gasteiger partial charge in [-0.1, -0.05) is 49.4 Å². The van der Waals surface area contributed by atoms with Crippen molar-refractivity contribution in [2.45, 2.75) is 31.8 Å². The normalized spacial score (nSPS) is 22.6. The van der Waals surface area contributed by atoms with Crippen molar-refractivity contribution in [3.63, 3.8) is 0 Å². The van der Waals surface area contributed by atoms with Crippen LogP contribution in [0.3, 0.4) is 0 Å². The number of hydrazine groups is 1. The van der Waals surface area contributed by atoms with Crippen LogP contribution in [0, 0.1) is 0 Å². The molecule has 35 heavy (non-hydrogen) atoms. The smallest absolute Gasteiger partial charge is 0.344 e. The molecule has 0 saturated carbocycles. The number of benzene rings is 2. The summed E-state index contributed by atoms with van der Waals surface area (Å²) in [5.41, 5.74) is 4.61. The Balaban J connectivity index is 1.13. The predicted octanol–water partition coefficient (Wildman–Crippen LogP) is 1.63. The molecule has 0 spiro atoms. The van der Waals surface area contributed by atoms with Crippen molar-refractivity contribution in [2.75, 3.05) is 39.3 Å². The maximum atomic E-state index is 13.2. The van der Waals surface area contributed by atoms with Gasteiger partial charge in [-0.2, -0.15) is 5.01 Å². The van der Waals surface area contributed by atoms with Crippen molar-refractivity contribution in [1.29, 1.82) is 0 Å². The van der Waals surface area contributed by atoms with Crippen LogP contribution in [-0.2, 0) is 28.1 Å². The van der Waals surface area contributed by atoms with Gasteiger partial charge in [-0.15, -0.1) is 0 Å². The number of fused-ring (bicyclic) bond motifs is 1.